The van der Waals surface area contributed by atoms with E-state index in [1.54, 1.807) is 12.1 Å². The van der Waals surface area contributed by atoms with E-state index < -0.39 is 5.91 Å². The van der Waals surface area contributed by atoms with Crippen LogP contribution in [-0.4, -0.2) is 23.0 Å². The van der Waals surface area contributed by atoms with Crippen molar-refractivity contribution in [2.75, 3.05) is 6.61 Å². The van der Waals surface area contributed by atoms with Gasteiger partial charge in [0, 0.05) is 17.9 Å². The molecular weight excluding hydrogens is 366 g/mol. The number of hydrazine groups is 1. The van der Waals surface area contributed by atoms with Crippen molar-refractivity contribution >= 4 is 11.8 Å². The van der Waals surface area contributed by atoms with Crippen LogP contribution in [0.25, 0.3) is 0 Å². The first-order valence-electron chi connectivity index (χ1n) is 9.43. The molecular formula is C23H25N3O3. The van der Waals surface area contributed by atoms with Gasteiger partial charge in [-0.05, 0) is 44.5 Å². The zero-order valence-corrected chi connectivity index (χ0v) is 16.9. The average Bonchev–Trinajstić information content (AvgIpc) is 3.00. The fourth-order valence-electron chi connectivity index (χ4n) is 3.05. The number of nitrogens with one attached hydrogen (secondary N) is 2. The molecule has 0 bridgehead atoms. The average molecular weight is 391 g/mol. The number of aryl methyl sites for hydroxylation is 2. The Kier molecular flexibility index (Phi) is 6.34. The second-order valence-corrected chi connectivity index (χ2v) is 6.96. The minimum Gasteiger partial charge on any atom is -0.484 e. The summed E-state index contributed by atoms with van der Waals surface area (Å²) in [5.74, 6) is -0.195. The molecule has 3 rings (SSSR count). The van der Waals surface area contributed by atoms with Crippen molar-refractivity contribution in [1.29, 1.82) is 0 Å². The summed E-state index contributed by atoms with van der Waals surface area (Å²) in [6.45, 7) is 6.33. The smallest absolute Gasteiger partial charge is 0.276 e. The van der Waals surface area contributed by atoms with Crippen molar-refractivity contribution in [3.05, 3.63) is 88.7 Å². The third kappa shape index (κ3) is 5.25. The van der Waals surface area contributed by atoms with Crippen molar-refractivity contribution in [2.24, 2.45) is 0 Å². The second kappa shape index (κ2) is 9.10. The lowest BCUT2D eigenvalue weighted by Gasteiger charge is -2.11. The number of carbonyl (C=O) groups is 2. The Morgan fingerprint density at radius 2 is 1.62 bits per heavy atom. The van der Waals surface area contributed by atoms with Crippen LogP contribution in [0.2, 0.25) is 0 Å². The van der Waals surface area contributed by atoms with Crippen LogP contribution in [0.5, 0.6) is 5.75 Å². The molecule has 0 unspecified atom stereocenters. The van der Waals surface area contributed by atoms with Gasteiger partial charge in [0.15, 0.2) is 6.61 Å². The lowest BCUT2D eigenvalue weighted by molar-refractivity contribution is -0.123. The van der Waals surface area contributed by atoms with E-state index in [2.05, 4.69) is 15.4 Å². The van der Waals surface area contributed by atoms with E-state index in [-0.39, 0.29) is 12.5 Å². The first-order chi connectivity index (χ1) is 13.9. The maximum atomic E-state index is 12.5. The van der Waals surface area contributed by atoms with Gasteiger partial charge in [0.25, 0.3) is 11.8 Å². The summed E-state index contributed by atoms with van der Waals surface area (Å²) in [5, 5.41) is 0. The molecule has 6 heteroatoms. The van der Waals surface area contributed by atoms with Crippen LogP contribution in [-0.2, 0) is 11.3 Å². The summed E-state index contributed by atoms with van der Waals surface area (Å²) in [6.07, 6.45) is 0. The van der Waals surface area contributed by atoms with Gasteiger partial charge in [-0.15, -0.1) is 0 Å². The van der Waals surface area contributed by atoms with E-state index in [0.29, 0.717) is 17.9 Å². The predicted molar refractivity (Wildman–Crippen MR) is 112 cm³/mol. The van der Waals surface area contributed by atoms with Crippen molar-refractivity contribution in [3.63, 3.8) is 0 Å². The highest BCUT2D eigenvalue weighted by molar-refractivity contribution is 5.96. The molecule has 0 radical (unpaired) electrons. The molecule has 2 aromatic carbocycles. The molecule has 1 heterocycles. The topological polar surface area (TPSA) is 72.4 Å². The molecule has 6 nitrogen and oxygen atoms in total. The van der Waals surface area contributed by atoms with Crippen LogP contribution in [0.4, 0.5) is 0 Å². The van der Waals surface area contributed by atoms with Crippen LogP contribution in [0.3, 0.4) is 0 Å². The van der Waals surface area contributed by atoms with Crippen LogP contribution in [0.1, 0.15) is 32.9 Å². The van der Waals surface area contributed by atoms with Crippen molar-refractivity contribution < 1.29 is 14.3 Å². The Morgan fingerprint density at radius 3 is 2.31 bits per heavy atom. The number of benzene rings is 2. The van der Waals surface area contributed by atoms with Crippen LogP contribution in [0.15, 0.2) is 60.7 Å². The van der Waals surface area contributed by atoms with Crippen LogP contribution < -0.4 is 15.6 Å². The summed E-state index contributed by atoms with van der Waals surface area (Å²) in [7, 11) is 0. The lowest BCUT2D eigenvalue weighted by atomic mass is 10.2. The van der Waals surface area contributed by atoms with Gasteiger partial charge in [-0.2, -0.15) is 0 Å². The number of rotatable bonds is 6. The highest BCUT2D eigenvalue weighted by Gasteiger charge is 2.16. The molecule has 1 aromatic heterocycles. The van der Waals surface area contributed by atoms with Crippen molar-refractivity contribution in [2.45, 2.75) is 27.3 Å². The molecule has 0 fully saturated rings. The summed E-state index contributed by atoms with van der Waals surface area (Å²) in [5.41, 5.74) is 9.46. The third-order valence-corrected chi connectivity index (χ3v) is 4.71. The molecule has 0 atom stereocenters. The molecule has 0 aliphatic carbocycles. The molecule has 150 valence electrons. The molecule has 0 spiro atoms. The van der Waals surface area contributed by atoms with Gasteiger partial charge in [0.05, 0.1) is 5.56 Å². The van der Waals surface area contributed by atoms with Gasteiger partial charge in [-0.25, -0.2) is 0 Å². The number of aromatic nitrogens is 1. The standard InChI is InChI=1S/C23H25N3O3/c1-16-9-11-20(12-10-16)29-15-22(27)24-25-23(28)21-13-17(2)26(18(21)3)14-19-7-5-4-6-8-19/h4-13H,14-15H2,1-3H3,(H,24,27)(H,25,28). The van der Waals surface area contributed by atoms with E-state index in [9.17, 15) is 9.59 Å². The van der Waals surface area contributed by atoms with E-state index in [1.165, 1.54) is 0 Å². The Hall–Kier alpha value is -3.54. The number of nitrogens with zero attached hydrogens (tertiary/aromatic N) is 1. The lowest BCUT2D eigenvalue weighted by Crippen LogP contribution is -2.44. The number of amides is 2. The number of hydrogen-bond acceptors (Lipinski definition) is 3. The van der Waals surface area contributed by atoms with E-state index >= 15 is 0 Å². The molecule has 0 saturated heterocycles. The van der Waals surface area contributed by atoms with Crippen molar-refractivity contribution in [1.82, 2.24) is 15.4 Å². The van der Waals surface area contributed by atoms with Gasteiger partial charge < -0.3 is 9.30 Å². The van der Waals surface area contributed by atoms with Gasteiger partial charge >= 0.3 is 0 Å². The maximum absolute atomic E-state index is 12.5. The zero-order valence-electron chi connectivity index (χ0n) is 16.9. The van der Waals surface area contributed by atoms with Crippen LogP contribution >= 0.6 is 0 Å². The van der Waals surface area contributed by atoms with Crippen LogP contribution in [0, 0.1) is 20.8 Å². The Morgan fingerprint density at radius 1 is 0.931 bits per heavy atom. The van der Waals surface area contributed by atoms with Gasteiger partial charge in [-0.3, -0.25) is 20.4 Å². The first kappa shape index (κ1) is 20.2. The number of ether oxygens (including phenoxy) is 1. The molecule has 3 aromatic rings. The van der Waals surface area contributed by atoms with Gasteiger partial charge in [0.2, 0.25) is 0 Å². The summed E-state index contributed by atoms with van der Waals surface area (Å²) in [4.78, 5) is 24.5. The van der Waals surface area contributed by atoms with E-state index in [4.69, 9.17) is 4.74 Å². The summed E-state index contributed by atoms with van der Waals surface area (Å²) in [6, 6.07) is 19.3. The monoisotopic (exact) mass is 391 g/mol. The minimum atomic E-state index is -0.433. The fraction of sp³-hybridized carbons (Fsp3) is 0.217. The van der Waals surface area contributed by atoms with E-state index in [1.807, 2.05) is 69.3 Å². The Bertz CT molecular complexity index is 992. The molecule has 0 aliphatic rings. The fourth-order valence-corrected chi connectivity index (χ4v) is 3.05. The van der Waals surface area contributed by atoms with Gasteiger partial charge in [-0.1, -0.05) is 48.0 Å². The highest BCUT2D eigenvalue weighted by Crippen LogP contribution is 2.17. The molecule has 0 saturated carbocycles. The van der Waals surface area contributed by atoms with Gasteiger partial charge in [0.1, 0.15) is 5.75 Å². The second-order valence-electron chi connectivity index (χ2n) is 6.96. The molecule has 0 aliphatic heterocycles. The summed E-state index contributed by atoms with van der Waals surface area (Å²) < 4.78 is 7.48. The largest absolute Gasteiger partial charge is 0.484 e. The Labute approximate surface area is 170 Å². The highest BCUT2D eigenvalue weighted by atomic mass is 16.5. The molecule has 2 amide bonds. The molecule has 29 heavy (non-hydrogen) atoms. The minimum absolute atomic E-state index is 0.184. The zero-order chi connectivity index (χ0) is 20.8. The normalized spacial score (nSPS) is 10.4. The van der Waals surface area contributed by atoms with E-state index in [0.717, 1.165) is 22.5 Å². The number of hydrogen-bond donors (Lipinski definition) is 2. The molecule has 2 N–H and O–H groups in total. The summed E-state index contributed by atoms with van der Waals surface area (Å²) >= 11 is 0. The first-order valence-corrected chi connectivity index (χ1v) is 9.43. The quantitative estimate of drug-likeness (QED) is 0.634. The Balaban J connectivity index is 1.55. The van der Waals surface area contributed by atoms with Crippen molar-refractivity contribution in [3.8, 4) is 5.75 Å². The maximum Gasteiger partial charge on any atom is 0.276 e. The number of carbonyl (C=O) groups excluding carboxylic acids is 2. The third-order valence-electron chi connectivity index (χ3n) is 4.71. The predicted octanol–water partition coefficient (Wildman–Crippen LogP) is 3.30. The SMILES string of the molecule is Cc1ccc(OCC(=O)NNC(=O)c2cc(C)n(Cc3ccccc3)c2C)cc1.